The smallest absolute Gasteiger partial charge is 0.449 e. The molecule has 0 saturated heterocycles. The van der Waals surface area contributed by atoms with Gasteiger partial charge in [0.2, 0.25) is 0 Å². The van der Waals surface area contributed by atoms with Crippen molar-refractivity contribution in [2.24, 2.45) is 0 Å². The number of hydrogen-bond donors (Lipinski definition) is 2. The zero-order valence-corrected chi connectivity index (χ0v) is 19.3. The molecule has 2 atom stereocenters. The normalized spacial score (nSPS) is 13.3. The number of benzene rings is 2. The van der Waals surface area contributed by atoms with Crippen molar-refractivity contribution < 1.29 is 23.6 Å². The van der Waals surface area contributed by atoms with E-state index >= 15 is 0 Å². The van der Waals surface area contributed by atoms with Gasteiger partial charge in [-0.2, -0.15) is 4.89 Å². The Bertz CT molecular complexity index is 888. The summed E-state index contributed by atoms with van der Waals surface area (Å²) in [6.07, 6.45) is 4.67. The van der Waals surface area contributed by atoms with Gasteiger partial charge >= 0.3 is 27.8 Å². The Hall–Kier alpha value is -2.13. The molecule has 1 aliphatic rings. The second-order valence-corrected chi connectivity index (χ2v) is 11.0. The van der Waals surface area contributed by atoms with Gasteiger partial charge in [-0.15, -0.1) is 0 Å². The van der Waals surface area contributed by atoms with Gasteiger partial charge in [0.15, 0.2) is 6.16 Å². The summed E-state index contributed by atoms with van der Waals surface area (Å²) in [4.78, 5) is 20.8. The minimum absolute atomic E-state index is 0.0635. The number of fused-ring (bicyclic) bond motifs is 3. The third-order valence-electron chi connectivity index (χ3n) is 5.48. The maximum Gasteiger partial charge on any atom is 0.557 e. The van der Waals surface area contributed by atoms with Crippen LogP contribution in [0, 0.1) is 0 Å². The fraction of sp³-hybridized carbons (Fsp3) is 0.435. The number of amides is 1. The standard InChI is InChI=1S/C23H27NO5P2/c25-23(24-14-8-2-1-3-9-15-30(26)17-31(27)28)29-16-22-20-12-6-4-10-18(20)19-11-5-7-13-21(19)22/h4-7,10-13,22H,1-3,8-9,14-17H2/p+2. The Balaban J connectivity index is 1.31. The third-order valence-corrected chi connectivity index (χ3v) is 8.52. The molecule has 6 nitrogen and oxygen atoms in total. The first-order valence-electron chi connectivity index (χ1n) is 10.7. The molecule has 2 aromatic rings. The van der Waals surface area contributed by atoms with Crippen LogP contribution in [0.2, 0.25) is 0 Å². The minimum atomic E-state index is -2.30. The Morgan fingerprint density at radius 3 is 2.13 bits per heavy atom. The molecule has 2 unspecified atom stereocenters. The van der Waals surface area contributed by atoms with Crippen LogP contribution < -0.4 is 5.32 Å². The number of rotatable bonds is 12. The summed E-state index contributed by atoms with van der Waals surface area (Å²) in [6.45, 7) is 0.882. The number of unbranched alkanes of at least 4 members (excludes halogenated alkanes) is 4. The van der Waals surface area contributed by atoms with Gasteiger partial charge in [-0.1, -0.05) is 65.9 Å². The second-order valence-electron chi connectivity index (χ2n) is 7.72. The summed E-state index contributed by atoms with van der Waals surface area (Å²) in [5.41, 5.74) is 4.82. The number of carbonyl (C=O) groups excluding carboxylic acids is 1. The van der Waals surface area contributed by atoms with E-state index in [0.717, 1.165) is 32.1 Å². The summed E-state index contributed by atoms with van der Waals surface area (Å²) < 4.78 is 27.6. The van der Waals surface area contributed by atoms with Crippen molar-refractivity contribution in [3.05, 3.63) is 59.7 Å². The van der Waals surface area contributed by atoms with Crippen LogP contribution in [0.3, 0.4) is 0 Å². The first kappa shape index (κ1) is 23.5. The third kappa shape index (κ3) is 6.93. The van der Waals surface area contributed by atoms with Crippen molar-refractivity contribution in [1.29, 1.82) is 0 Å². The molecule has 1 aliphatic carbocycles. The highest BCUT2D eigenvalue weighted by Gasteiger charge is 2.29. The van der Waals surface area contributed by atoms with Crippen molar-refractivity contribution in [2.45, 2.75) is 38.0 Å². The molecule has 0 heterocycles. The average molecular weight is 461 g/mol. The number of ether oxygens (including phenoxy) is 1. The largest absolute Gasteiger partial charge is 0.557 e. The van der Waals surface area contributed by atoms with Crippen molar-refractivity contribution in [3.8, 4) is 11.1 Å². The van der Waals surface area contributed by atoms with Crippen LogP contribution in [0.15, 0.2) is 48.5 Å². The molecule has 31 heavy (non-hydrogen) atoms. The molecular weight excluding hydrogens is 432 g/mol. The van der Waals surface area contributed by atoms with Gasteiger partial charge in [0.05, 0.1) is 0 Å². The Morgan fingerprint density at radius 2 is 1.48 bits per heavy atom. The summed E-state index contributed by atoms with van der Waals surface area (Å²) in [5.74, 6) is -0.0250. The molecular formula is C23H29NO5P2+2. The molecule has 0 radical (unpaired) electrons. The Kier molecular flexibility index (Phi) is 9.14. The molecule has 3 rings (SSSR count). The van der Waals surface area contributed by atoms with Gasteiger partial charge in [0.1, 0.15) is 6.61 Å². The van der Waals surface area contributed by atoms with Crippen LogP contribution in [0.1, 0.15) is 49.1 Å². The molecule has 0 spiro atoms. The van der Waals surface area contributed by atoms with Crippen molar-refractivity contribution in [2.75, 3.05) is 25.2 Å². The molecule has 0 fully saturated rings. The van der Waals surface area contributed by atoms with Crippen LogP contribution in [0.25, 0.3) is 11.1 Å². The van der Waals surface area contributed by atoms with E-state index in [1.165, 1.54) is 22.3 Å². The lowest BCUT2D eigenvalue weighted by molar-refractivity contribution is 0.143. The van der Waals surface area contributed by atoms with Crippen LogP contribution >= 0.6 is 15.8 Å². The van der Waals surface area contributed by atoms with Gasteiger partial charge in [-0.25, -0.2) is 4.79 Å². The summed E-state index contributed by atoms with van der Waals surface area (Å²) in [6, 6.07) is 16.5. The lowest BCUT2D eigenvalue weighted by Crippen LogP contribution is -2.27. The van der Waals surface area contributed by atoms with E-state index in [9.17, 15) is 13.9 Å². The van der Waals surface area contributed by atoms with Crippen molar-refractivity contribution in [3.63, 3.8) is 0 Å². The van der Waals surface area contributed by atoms with Crippen LogP contribution in [-0.2, 0) is 13.9 Å². The van der Waals surface area contributed by atoms with Gasteiger partial charge in [-0.05, 0) is 46.1 Å². The predicted octanol–water partition coefficient (Wildman–Crippen LogP) is 6.00. The predicted molar refractivity (Wildman–Crippen MR) is 123 cm³/mol. The molecule has 0 saturated carbocycles. The van der Waals surface area contributed by atoms with Crippen LogP contribution in [0.5, 0.6) is 0 Å². The van der Waals surface area contributed by atoms with E-state index in [2.05, 4.69) is 29.6 Å². The van der Waals surface area contributed by atoms with E-state index in [4.69, 9.17) is 9.63 Å². The molecule has 2 N–H and O–H groups in total. The Morgan fingerprint density at radius 1 is 0.903 bits per heavy atom. The first-order valence-corrected chi connectivity index (χ1v) is 13.7. The maximum atomic E-state index is 12.1. The SMILES string of the molecule is O=C(NCCCCCCC[P+](=O)C[P+](=O)O)OCC1c2ccccc2-c2ccccc21. The summed E-state index contributed by atoms with van der Waals surface area (Å²) in [7, 11) is -3.85. The summed E-state index contributed by atoms with van der Waals surface area (Å²) >= 11 is 0. The monoisotopic (exact) mass is 461 g/mol. The highest BCUT2D eigenvalue weighted by molar-refractivity contribution is 7.59. The van der Waals surface area contributed by atoms with Crippen molar-refractivity contribution >= 4 is 21.9 Å². The van der Waals surface area contributed by atoms with Gasteiger partial charge in [0.25, 0.3) is 0 Å². The average Bonchev–Trinajstić information content (AvgIpc) is 3.07. The minimum Gasteiger partial charge on any atom is -0.449 e. The number of nitrogens with one attached hydrogen (secondary N) is 1. The molecule has 1 amide bonds. The molecule has 0 bridgehead atoms. The quantitative estimate of drug-likeness (QED) is 0.299. The van der Waals surface area contributed by atoms with E-state index in [0.29, 0.717) is 19.3 Å². The van der Waals surface area contributed by atoms with E-state index in [-0.39, 0.29) is 11.8 Å². The number of carbonyl (C=O) groups is 1. The molecule has 0 aromatic heterocycles. The second kappa shape index (κ2) is 12.0. The van der Waals surface area contributed by atoms with E-state index in [1.807, 2.05) is 24.3 Å². The van der Waals surface area contributed by atoms with Gasteiger partial charge in [0, 0.05) is 12.5 Å². The summed E-state index contributed by atoms with van der Waals surface area (Å²) in [5, 5.41) is 2.82. The van der Waals surface area contributed by atoms with E-state index < -0.39 is 21.9 Å². The lowest BCUT2D eigenvalue weighted by atomic mass is 9.98. The fourth-order valence-corrected chi connectivity index (χ4v) is 6.21. The van der Waals surface area contributed by atoms with Gasteiger partial charge in [-0.3, -0.25) is 0 Å². The molecule has 164 valence electrons. The maximum absolute atomic E-state index is 12.1. The van der Waals surface area contributed by atoms with Gasteiger partial charge < -0.3 is 10.1 Å². The number of alkyl carbamates (subject to hydrolysis) is 1. The Labute approximate surface area is 185 Å². The zero-order chi connectivity index (χ0) is 22.1. The van der Waals surface area contributed by atoms with Crippen LogP contribution in [-0.4, -0.2) is 36.2 Å². The highest BCUT2D eigenvalue weighted by Crippen LogP contribution is 2.44. The van der Waals surface area contributed by atoms with Crippen molar-refractivity contribution in [1.82, 2.24) is 5.32 Å². The van der Waals surface area contributed by atoms with Crippen LogP contribution in [0.4, 0.5) is 4.79 Å². The molecule has 0 aliphatic heterocycles. The first-order chi connectivity index (χ1) is 15.1. The molecule has 2 aromatic carbocycles. The zero-order valence-electron chi connectivity index (χ0n) is 17.5. The van der Waals surface area contributed by atoms with E-state index in [1.54, 1.807) is 0 Å². The lowest BCUT2D eigenvalue weighted by Gasteiger charge is -2.14. The fourth-order valence-electron chi connectivity index (χ4n) is 3.99. The topological polar surface area (TPSA) is 92.7 Å². The number of hydrogen-bond acceptors (Lipinski definition) is 4. The highest BCUT2D eigenvalue weighted by atomic mass is 31.2. The molecule has 8 heteroatoms.